The normalized spacial score (nSPS) is 12.9. The summed E-state index contributed by atoms with van der Waals surface area (Å²) in [6.07, 6.45) is 0. The molecule has 0 unspecified atom stereocenters. The number of aliphatic hydroxyl groups is 2. The van der Waals surface area contributed by atoms with Gasteiger partial charge < -0.3 is 10.2 Å². The van der Waals surface area contributed by atoms with Crippen molar-refractivity contribution in [3.05, 3.63) is 0 Å². The molecule has 1 amide bonds. The van der Waals surface area contributed by atoms with E-state index in [0.29, 0.717) is 0 Å². The lowest BCUT2D eigenvalue weighted by Crippen LogP contribution is -2.48. The first-order chi connectivity index (χ1) is 6.69. The molecule has 0 aromatic carbocycles. The minimum absolute atomic E-state index is 0.622. The van der Waals surface area contributed by atoms with Crippen molar-refractivity contribution < 1.29 is 23.4 Å². The lowest BCUT2D eigenvalue weighted by Gasteiger charge is -2.23. The molecule has 6 nitrogen and oxygen atoms in total. The molecule has 0 radical (unpaired) electrons. The Bertz CT molecular complexity index is 318. The van der Waals surface area contributed by atoms with Gasteiger partial charge in [0, 0.05) is 0 Å². The van der Waals surface area contributed by atoms with Crippen LogP contribution < -0.4 is 4.72 Å². The zero-order valence-electron chi connectivity index (χ0n) is 9.02. The molecule has 3 N–H and O–H groups in total. The number of sulfonamides is 1. The van der Waals surface area contributed by atoms with E-state index in [0.717, 1.165) is 0 Å². The molecule has 0 bridgehead atoms. The van der Waals surface area contributed by atoms with Crippen LogP contribution in [0.25, 0.3) is 0 Å². The van der Waals surface area contributed by atoms with Crippen molar-refractivity contribution in [2.75, 3.05) is 13.2 Å². The Morgan fingerprint density at radius 1 is 1.33 bits per heavy atom. The maximum atomic E-state index is 11.4. The van der Waals surface area contributed by atoms with Crippen molar-refractivity contribution in [3.63, 3.8) is 0 Å². The maximum Gasteiger partial charge on any atom is 0.244 e. The van der Waals surface area contributed by atoms with E-state index >= 15 is 0 Å². The molecule has 0 aliphatic heterocycles. The number of nitrogens with one attached hydrogen (secondary N) is 1. The Labute approximate surface area is 89.4 Å². The molecule has 0 rings (SSSR count). The molecule has 90 valence electrons. The molecule has 0 atom stereocenters. The highest BCUT2D eigenvalue weighted by Gasteiger charge is 2.35. The molecular weight excluding hydrogens is 222 g/mol. The second-order valence-corrected chi connectivity index (χ2v) is 6.14. The van der Waals surface area contributed by atoms with Crippen molar-refractivity contribution in [2.45, 2.75) is 26.0 Å². The second kappa shape index (κ2) is 4.91. The van der Waals surface area contributed by atoms with Crippen molar-refractivity contribution in [2.24, 2.45) is 5.41 Å². The van der Waals surface area contributed by atoms with E-state index in [9.17, 15) is 13.2 Å². The van der Waals surface area contributed by atoms with Crippen LogP contribution in [0.3, 0.4) is 0 Å². The summed E-state index contributed by atoms with van der Waals surface area (Å²) >= 11 is 0. The van der Waals surface area contributed by atoms with Gasteiger partial charge in [-0.05, 0) is 20.8 Å². The Balaban J connectivity index is 4.78. The van der Waals surface area contributed by atoms with E-state index in [-0.39, 0.29) is 0 Å². The SMILES string of the molecule is CC(C)S(=O)(=O)NC(=O)C(C)(CO)CO. The molecule has 7 heteroatoms. The fraction of sp³-hybridized carbons (Fsp3) is 0.875. The smallest absolute Gasteiger partial charge is 0.244 e. The van der Waals surface area contributed by atoms with Gasteiger partial charge in [-0.25, -0.2) is 8.42 Å². The van der Waals surface area contributed by atoms with Gasteiger partial charge in [-0.3, -0.25) is 9.52 Å². The zero-order valence-corrected chi connectivity index (χ0v) is 9.84. The van der Waals surface area contributed by atoms with Crippen LogP contribution in [0, 0.1) is 5.41 Å². The van der Waals surface area contributed by atoms with E-state index < -0.39 is 39.8 Å². The van der Waals surface area contributed by atoms with Crippen LogP contribution in [0.2, 0.25) is 0 Å². The van der Waals surface area contributed by atoms with Crippen molar-refractivity contribution in [3.8, 4) is 0 Å². The van der Waals surface area contributed by atoms with Crippen LogP contribution in [0.15, 0.2) is 0 Å². The van der Waals surface area contributed by atoms with Crippen molar-refractivity contribution >= 4 is 15.9 Å². The van der Waals surface area contributed by atoms with Gasteiger partial charge in [0.15, 0.2) is 0 Å². The maximum absolute atomic E-state index is 11.4. The van der Waals surface area contributed by atoms with Crippen LogP contribution >= 0.6 is 0 Å². The molecule has 0 aliphatic rings. The molecule has 0 aliphatic carbocycles. The van der Waals surface area contributed by atoms with Crippen LogP contribution in [-0.2, 0) is 14.8 Å². The molecular formula is C8H17NO5S. The van der Waals surface area contributed by atoms with Crippen molar-refractivity contribution in [1.29, 1.82) is 0 Å². The molecule has 0 aromatic heterocycles. The van der Waals surface area contributed by atoms with Gasteiger partial charge in [-0.2, -0.15) is 0 Å². The number of aliphatic hydroxyl groups excluding tert-OH is 2. The average molecular weight is 239 g/mol. The predicted molar refractivity (Wildman–Crippen MR) is 54.5 cm³/mol. The lowest BCUT2D eigenvalue weighted by molar-refractivity contribution is -0.132. The first kappa shape index (κ1) is 14.3. The Hall–Kier alpha value is -0.660. The van der Waals surface area contributed by atoms with Gasteiger partial charge >= 0.3 is 0 Å². The summed E-state index contributed by atoms with van der Waals surface area (Å²) in [6.45, 7) is 2.87. The van der Waals surface area contributed by atoms with Crippen LogP contribution in [0.5, 0.6) is 0 Å². The second-order valence-electron chi connectivity index (χ2n) is 3.90. The van der Waals surface area contributed by atoms with Crippen molar-refractivity contribution in [1.82, 2.24) is 4.72 Å². The summed E-state index contributed by atoms with van der Waals surface area (Å²) in [5, 5.41) is 17.0. The highest BCUT2D eigenvalue weighted by atomic mass is 32.2. The lowest BCUT2D eigenvalue weighted by atomic mass is 9.92. The summed E-state index contributed by atoms with van der Waals surface area (Å²) in [5.41, 5.74) is -1.48. The third-order valence-electron chi connectivity index (χ3n) is 2.10. The number of hydrogen-bond donors (Lipinski definition) is 3. The number of hydrogen-bond acceptors (Lipinski definition) is 5. The van der Waals surface area contributed by atoms with Gasteiger partial charge in [0.05, 0.1) is 23.9 Å². The van der Waals surface area contributed by atoms with Gasteiger partial charge in [0.1, 0.15) is 0 Å². The summed E-state index contributed by atoms with van der Waals surface area (Å²) in [6, 6.07) is 0. The monoisotopic (exact) mass is 239 g/mol. The van der Waals surface area contributed by atoms with E-state index in [4.69, 9.17) is 10.2 Å². The zero-order chi connectivity index (χ0) is 12.3. The fourth-order valence-corrected chi connectivity index (χ4v) is 1.30. The Kier molecular flexibility index (Phi) is 4.69. The van der Waals surface area contributed by atoms with Gasteiger partial charge in [0.2, 0.25) is 15.9 Å². The first-order valence-corrected chi connectivity index (χ1v) is 6.02. The van der Waals surface area contributed by atoms with E-state index in [1.807, 2.05) is 4.72 Å². The quantitative estimate of drug-likeness (QED) is 0.561. The van der Waals surface area contributed by atoms with E-state index in [1.54, 1.807) is 0 Å². The molecule has 0 saturated carbocycles. The summed E-state index contributed by atoms with van der Waals surface area (Å²) in [4.78, 5) is 11.4. The highest BCUT2D eigenvalue weighted by Crippen LogP contribution is 2.15. The Morgan fingerprint density at radius 3 is 2.00 bits per heavy atom. The van der Waals surface area contributed by atoms with Gasteiger partial charge in [-0.1, -0.05) is 0 Å². The number of carbonyl (C=O) groups is 1. The molecule has 15 heavy (non-hydrogen) atoms. The molecule has 0 heterocycles. The largest absolute Gasteiger partial charge is 0.395 e. The molecule has 0 spiro atoms. The third-order valence-corrected chi connectivity index (χ3v) is 3.81. The number of rotatable bonds is 5. The summed E-state index contributed by atoms with van der Waals surface area (Å²) in [5.74, 6) is -0.902. The molecule has 0 aromatic rings. The summed E-state index contributed by atoms with van der Waals surface area (Å²) in [7, 11) is -3.72. The van der Waals surface area contributed by atoms with Crippen LogP contribution in [-0.4, -0.2) is 43.0 Å². The molecule has 0 saturated heterocycles. The Morgan fingerprint density at radius 2 is 1.73 bits per heavy atom. The van der Waals surface area contributed by atoms with Crippen LogP contribution in [0.4, 0.5) is 0 Å². The van der Waals surface area contributed by atoms with Crippen LogP contribution in [0.1, 0.15) is 20.8 Å². The fourth-order valence-electron chi connectivity index (χ4n) is 0.564. The summed E-state index contributed by atoms with van der Waals surface area (Å²) < 4.78 is 24.5. The van der Waals surface area contributed by atoms with E-state index in [1.165, 1.54) is 20.8 Å². The molecule has 0 fully saturated rings. The highest BCUT2D eigenvalue weighted by molar-refractivity contribution is 7.90. The minimum atomic E-state index is -3.72. The third kappa shape index (κ3) is 3.44. The predicted octanol–water partition coefficient (Wildman–Crippen LogP) is -1.17. The van der Waals surface area contributed by atoms with Gasteiger partial charge in [0.25, 0.3) is 0 Å². The standard InChI is InChI=1S/C8H17NO5S/c1-6(2)15(13,14)9-7(12)8(3,4-10)5-11/h6,10-11H,4-5H2,1-3H3,(H,9,12). The van der Waals surface area contributed by atoms with Gasteiger partial charge in [-0.15, -0.1) is 0 Å². The minimum Gasteiger partial charge on any atom is -0.395 e. The number of carbonyl (C=O) groups excluding carboxylic acids is 1. The number of amides is 1. The van der Waals surface area contributed by atoms with E-state index in [2.05, 4.69) is 0 Å². The first-order valence-electron chi connectivity index (χ1n) is 4.47. The topological polar surface area (TPSA) is 104 Å². The average Bonchev–Trinajstić information content (AvgIpc) is 2.15.